The topological polar surface area (TPSA) is 158 Å². The van der Waals surface area contributed by atoms with E-state index in [0.29, 0.717) is 6.61 Å². The average Bonchev–Trinajstić information content (AvgIpc) is 2.94. The SMILES string of the molecule is CCCCCCO[C@@H]1O[C@H](CO[C@@H]2O[C@H](CO)[C@@H](O)[C@@H]2O)[C@@H](O)[C@H](O)[C@H]1O. The number of hydrogen-bond donors (Lipinski definition) is 6. The predicted molar refractivity (Wildman–Crippen MR) is 90.5 cm³/mol. The molecule has 9 atom stereocenters. The van der Waals surface area contributed by atoms with E-state index in [2.05, 4.69) is 6.92 Å². The summed E-state index contributed by atoms with van der Waals surface area (Å²) < 4.78 is 21.5. The van der Waals surface area contributed by atoms with Gasteiger partial charge in [-0.2, -0.15) is 0 Å². The third-order valence-corrected chi connectivity index (χ3v) is 4.87. The number of ether oxygens (including phenoxy) is 4. The first-order chi connectivity index (χ1) is 12.9. The van der Waals surface area contributed by atoms with Gasteiger partial charge in [-0.25, -0.2) is 0 Å². The van der Waals surface area contributed by atoms with Gasteiger partial charge >= 0.3 is 0 Å². The number of hydrogen-bond acceptors (Lipinski definition) is 10. The molecule has 0 radical (unpaired) electrons. The molecule has 0 bridgehead atoms. The smallest absolute Gasteiger partial charge is 0.186 e. The van der Waals surface area contributed by atoms with Gasteiger partial charge in [-0.15, -0.1) is 0 Å². The molecule has 160 valence electrons. The van der Waals surface area contributed by atoms with Crippen LogP contribution in [0.15, 0.2) is 0 Å². The van der Waals surface area contributed by atoms with Gasteiger partial charge in [0, 0.05) is 6.61 Å². The molecule has 2 heterocycles. The standard InChI is InChI=1S/C17H32O10/c1-2-3-4-5-6-24-16-15(23)13(21)12(20)10(27-16)8-25-17-14(22)11(19)9(7-18)26-17/h9-23H,2-8H2,1H3/t9-,10-,11-,12-,13+,14+,15-,16-,17-/m1/s1. The van der Waals surface area contributed by atoms with Crippen molar-refractivity contribution >= 4 is 0 Å². The summed E-state index contributed by atoms with van der Waals surface area (Å²) in [5, 5.41) is 58.8. The average molecular weight is 396 g/mol. The molecular formula is C17H32O10. The van der Waals surface area contributed by atoms with Crippen LogP contribution >= 0.6 is 0 Å². The fraction of sp³-hybridized carbons (Fsp3) is 1.00. The first-order valence-electron chi connectivity index (χ1n) is 9.46. The fourth-order valence-corrected chi connectivity index (χ4v) is 3.11. The third-order valence-electron chi connectivity index (χ3n) is 4.87. The Morgan fingerprint density at radius 1 is 0.704 bits per heavy atom. The highest BCUT2D eigenvalue weighted by molar-refractivity contribution is 4.90. The van der Waals surface area contributed by atoms with Gasteiger partial charge in [-0.1, -0.05) is 26.2 Å². The second-order valence-corrected chi connectivity index (χ2v) is 6.99. The maximum absolute atomic E-state index is 10.1. The van der Waals surface area contributed by atoms with E-state index in [1.807, 2.05) is 0 Å². The van der Waals surface area contributed by atoms with Crippen LogP contribution in [0.1, 0.15) is 32.6 Å². The molecule has 0 amide bonds. The lowest BCUT2D eigenvalue weighted by molar-refractivity contribution is -0.310. The molecule has 0 aliphatic carbocycles. The Kier molecular flexibility index (Phi) is 9.29. The second kappa shape index (κ2) is 11.0. The van der Waals surface area contributed by atoms with Gasteiger partial charge in [0.15, 0.2) is 12.6 Å². The summed E-state index contributed by atoms with van der Waals surface area (Å²) in [6, 6.07) is 0. The van der Waals surface area contributed by atoms with E-state index < -0.39 is 61.9 Å². The zero-order chi connectivity index (χ0) is 20.0. The zero-order valence-corrected chi connectivity index (χ0v) is 15.5. The fourth-order valence-electron chi connectivity index (χ4n) is 3.11. The van der Waals surface area contributed by atoms with E-state index in [-0.39, 0.29) is 6.61 Å². The van der Waals surface area contributed by atoms with Crippen molar-refractivity contribution in [3.05, 3.63) is 0 Å². The van der Waals surface area contributed by atoms with Gasteiger partial charge in [0.05, 0.1) is 13.2 Å². The van der Waals surface area contributed by atoms with Crippen molar-refractivity contribution in [2.24, 2.45) is 0 Å². The molecule has 0 aromatic heterocycles. The minimum Gasteiger partial charge on any atom is -0.394 e. The van der Waals surface area contributed by atoms with E-state index in [9.17, 15) is 25.5 Å². The number of aliphatic hydroxyl groups is 6. The summed E-state index contributed by atoms with van der Waals surface area (Å²) in [4.78, 5) is 0. The molecule has 2 aliphatic heterocycles. The van der Waals surface area contributed by atoms with Crippen LogP contribution in [0.25, 0.3) is 0 Å². The predicted octanol–water partition coefficient (Wildman–Crippen LogP) is -2.15. The van der Waals surface area contributed by atoms with Gasteiger partial charge < -0.3 is 49.6 Å². The molecule has 2 rings (SSSR count). The summed E-state index contributed by atoms with van der Waals surface area (Å²) in [6.07, 6.45) is -7.45. The Hall–Kier alpha value is -0.400. The zero-order valence-electron chi connectivity index (χ0n) is 15.5. The molecule has 0 spiro atoms. The van der Waals surface area contributed by atoms with Crippen LogP contribution in [-0.4, -0.2) is 106 Å². The molecule has 0 aromatic carbocycles. The summed E-state index contributed by atoms with van der Waals surface area (Å²) >= 11 is 0. The first-order valence-corrected chi connectivity index (χ1v) is 9.46. The van der Waals surface area contributed by atoms with E-state index in [4.69, 9.17) is 24.1 Å². The molecule has 10 nitrogen and oxygen atoms in total. The number of unbranched alkanes of at least 4 members (excludes halogenated alkanes) is 3. The Balaban J connectivity index is 1.84. The minimum absolute atomic E-state index is 0.284. The normalized spacial score (nSPS) is 42.6. The van der Waals surface area contributed by atoms with Crippen LogP contribution in [0, 0.1) is 0 Å². The van der Waals surface area contributed by atoms with Gasteiger partial charge in [-0.3, -0.25) is 0 Å². The van der Waals surface area contributed by atoms with Crippen molar-refractivity contribution in [3.8, 4) is 0 Å². The van der Waals surface area contributed by atoms with Crippen molar-refractivity contribution in [1.29, 1.82) is 0 Å². The molecule has 10 heteroatoms. The molecule has 2 aliphatic rings. The Morgan fingerprint density at radius 3 is 1.93 bits per heavy atom. The number of rotatable bonds is 10. The highest BCUT2D eigenvalue weighted by Crippen LogP contribution is 2.26. The van der Waals surface area contributed by atoms with Crippen molar-refractivity contribution in [1.82, 2.24) is 0 Å². The molecule has 0 unspecified atom stereocenters. The van der Waals surface area contributed by atoms with Gasteiger partial charge in [0.25, 0.3) is 0 Å². The van der Waals surface area contributed by atoms with Gasteiger partial charge in [-0.05, 0) is 6.42 Å². The van der Waals surface area contributed by atoms with Crippen LogP contribution in [0.3, 0.4) is 0 Å². The molecule has 0 saturated carbocycles. The summed E-state index contributed by atoms with van der Waals surface area (Å²) in [7, 11) is 0. The second-order valence-electron chi connectivity index (χ2n) is 6.99. The minimum atomic E-state index is -1.49. The van der Waals surface area contributed by atoms with E-state index in [1.54, 1.807) is 0 Å². The van der Waals surface area contributed by atoms with Crippen molar-refractivity contribution in [2.45, 2.75) is 87.9 Å². The maximum Gasteiger partial charge on any atom is 0.186 e. The highest BCUT2D eigenvalue weighted by atomic mass is 16.7. The Labute approximate surface area is 158 Å². The molecular weight excluding hydrogens is 364 g/mol. The van der Waals surface area contributed by atoms with Crippen LogP contribution in [0.4, 0.5) is 0 Å². The van der Waals surface area contributed by atoms with Crippen LogP contribution < -0.4 is 0 Å². The molecule has 2 saturated heterocycles. The van der Waals surface area contributed by atoms with Gasteiger partial charge in [0.1, 0.15) is 42.7 Å². The Morgan fingerprint density at radius 2 is 1.30 bits per heavy atom. The summed E-state index contributed by atoms with van der Waals surface area (Å²) in [5.41, 5.74) is 0. The van der Waals surface area contributed by atoms with Crippen molar-refractivity contribution in [3.63, 3.8) is 0 Å². The lowest BCUT2D eigenvalue weighted by Crippen LogP contribution is -2.59. The van der Waals surface area contributed by atoms with Crippen molar-refractivity contribution in [2.75, 3.05) is 19.8 Å². The Bertz CT molecular complexity index is 425. The quantitative estimate of drug-likeness (QED) is 0.225. The van der Waals surface area contributed by atoms with Crippen LogP contribution in [0.5, 0.6) is 0 Å². The lowest BCUT2D eigenvalue weighted by atomic mass is 9.99. The van der Waals surface area contributed by atoms with E-state index >= 15 is 0 Å². The summed E-state index contributed by atoms with van der Waals surface area (Å²) in [5.74, 6) is 0. The van der Waals surface area contributed by atoms with Crippen LogP contribution in [0.2, 0.25) is 0 Å². The number of aliphatic hydroxyl groups excluding tert-OH is 6. The largest absolute Gasteiger partial charge is 0.394 e. The van der Waals surface area contributed by atoms with Crippen molar-refractivity contribution < 1.29 is 49.6 Å². The highest BCUT2D eigenvalue weighted by Gasteiger charge is 2.47. The van der Waals surface area contributed by atoms with Gasteiger partial charge in [0.2, 0.25) is 0 Å². The lowest BCUT2D eigenvalue weighted by Gasteiger charge is -2.40. The summed E-state index contributed by atoms with van der Waals surface area (Å²) in [6.45, 7) is 1.66. The molecule has 6 N–H and O–H groups in total. The monoisotopic (exact) mass is 396 g/mol. The molecule has 0 aromatic rings. The molecule has 27 heavy (non-hydrogen) atoms. The third kappa shape index (κ3) is 5.80. The van der Waals surface area contributed by atoms with Crippen LogP contribution in [-0.2, 0) is 18.9 Å². The molecule has 2 fully saturated rings. The van der Waals surface area contributed by atoms with E-state index in [0.717, 1.165) is 25.7 Å². The van der Waals surface area contributed by atoms with E-state index in [1.165, 1.54) is 0 Å². The maximum atomic E-state index is 10.1. The first kappa shape index (κ1) is 22.9.